The van der Waals surface area contributed by atoms with Crippen LogP contribution in [0.2, 0.25) is 0 Å². The molecule has 0 radical (unpaired) electrons. The molecular formula is C20H20N2O2. The Morgan fingerprint density at radius 1 is 0.917 bits per heavy atom. The second kappa shape index (κ2) is 5.96. The molecule has 0 atom stereocenters. The lowest BCUT2D eigenvalue weighted by Crippen LogP contribution is -2.30. The fourth-order valence-electron chi connectivity index (χ4n) is 2.77. The maximum absolute atomic E-state index is 12.5. The largest absolute Gasteiger partial charge is 0.871 e. The topological polar surface area (TPSA) is 46.4 Å². The minimum absolute atomic E-state index is 0.171. The average molecular weight is 320 g/mol. The summed E-state index contributed by atoms with van der Waals surface area (Å²) >= 11 is 0. The molecular weight excluding hydrogens is 300 g/mol. The van der Waals surface area contributed by atoms with Crippen LogP contribution in [0.5, 0.6) is 0 Å². The molecule has 0 saturated heterocycles. The first-order valence-electron chi connectivity index (χ1n) is 7.79. The van der Waals surface area contributed by atoms with E-state index >= 15 is 0 Å². The van der Waals surface area contributed by atoms with Gasteiger partial charge < -0.3 is 10.0 Å². The summed E-state index contributed by atoms with van der Waals surface area (Å²) in [7, 11) is 7.80. The van der Waals surface area contributed by atoms with E-state index in [-0.39, 0.29) is 22.7 Å². The second-order valence-electron chi connectivity index (χ2n) is 6.29. The van der Waals surface area contributed by atoms with Crippen LogP contribution >= 0.6 is 0 Å². The van der Waals surface area contributed by atoms with Gasteiger partial charge in [0.2, 0.25) is 0 Å². The lowest BCUT2D eigenvalue weighted by Gasteiger charge is -2.32. The average Bonchev–Trinajstić information content (AvgIpc) is 2.56. The normalized spacial score (nSPS) is 16.7. The summed E-state index contributed by atoms with van der Waals surface area (Å²) in [4.78, 5) is 14.5. The van der Waals surface area contributed by atoms with Crippen molar-refractivity contribution in [1.82, 2.24) is 0 Å². The monoisotopic (exact) mass is 320 g/mol. The van der Waals surface area contributed by atoms with Gasteiger partial charge in [-0.05, 0) is 35.4 Å². The Bertz CT molecular complexity index is 841. The summed E-state index contributed by atoms with van der Waals surface area (Å²) < 4.78 is 1.97. The van der Waals surface area contributed by atoms with Crippen molar-refractivity contribution in [2.75, 3.05) is 33.1 Å². The first-order valence-corrected chi connectivity index (χ1v) is 7.79. The number of nitrogens with zero attached hydrogens (tertiary/aromatic N) is 2. The maximum Gasteiger partial charge on any atom is 0.199 e. The van der Waals surface area contributed by atoms with Gasteiger partial charge in [-0.3, -0.25) is 4.79 Å². The highest BCUT2D eigenvalue weighted by molar-refractivity contribution is 6.39. The molecule has 4 nitrogen and oxygen atoms in total. The fourth-order valence-corrected chi connectivity index (χ4v) is 2.77. The lowest BCUT2D eigenvalue weighted by molar-refractivity contribution is -0.462. The minimum Gasteiger partial charge on any atom is -0.871 e. The third kappa shape index (κ3) is 2.60. The third-order valence-electron chi connectivity index (χ3n) is 4.25. The number of carbonyl (C=O) groups excluding carboxylic acids is 1. The van der Waals surface area contributed by atoms with E-state index in [1.54, 1.807) is 0 Å². The van der Waals surface area contributed by atoms with Crippen LogP contribution < -0.4 is 10.0 Å². The smallest absolute Gasteiger partial charge is 0.199 e. The Labute approximate surface area is 142 Å². The fraction of sp³-hybridized carbons (Fsp3) is 0.200. The number of anilines is 1. The molecule has 0 aliphatic heterocycles. The zero-order chi connectivity index (χ0) is 17.4. The lowest BCUT2D eigenvalue weighted by atomic mass is 9.80. The Balaban J connectivity index is 1.95. The number of ketones is 1. The summed E-state index contributed by atoms with van der Waals surface area (Å²) in [6.45, 7) is 0. The van der Waals surface area contributed by atoms with Gasteiger partial charge in [0.1, 0.15) is 14.1 Å². The second-order valence-corrected chi connectivity index (χ2v) is 6.29. The summed E-state index contributed by atoms with van der Waals surface area (Å²) in [5.74, 6) is -0.342. The van der Waals surface area contributed by atoms with Gasteiger partial charge in [-0.1, -0.05) is 17.9 Å². The number of rotatable bonds is 2. The van der Waals surface area contributed by atoms with Gasteiger partial charge in [0.15, 0.2) is 11.5 Å². The highest BCUT2D eigenvalue weighted by Gasteiger charge is 2.30. The van der Waals surface area contributed by atoms with Gasteiger partial charge in [0.05, 0.1) is 0 Å². The van der Waals surface area contributed by atoms with Crippen molar-refractivity contribution >= 4 is 22.8 Å². The highest BCUT2D eigenvalue weighted by Crippen LogP contribution is 2.37. The molecule has 1 aromatic rings. The van der Waals surface area contributed by atoms with Gasteiger partial charge in [-0.25, -0.2) is 4.58 Å². The molecule has 3 rings (SSSR count). The molecule has 0 aromatic heterocycles. The van der Waals surface area contributed by atoms with Gasteiger partial charge in [0.25, 0.3) is 0 Å². The van der Waals surface area contributed by atoms with Gasteiger partial charge >= 0.3 is 0 Å². The highest BCUT2D eigenvalue weighted by atomic mass is 16.3. The first-order chi connectivity index (χ1) is 11.4. The Morgan fingerprint density at radius 2 is 1.50 bits per heavy atom. The van der Waals surface area contributed by atoms with Crippen molar-refractivity contribution in [2.45, 2.75) is 0 Å². The Kier molecular flexibility index (Phi) is 3.97. The molecule has 0 saturated carbocycles. The van der Waals surface area contributed by atoms with E-state index in [9.17, 15) is 9.90 Å². The summed E-state index contributed by atoms with van der Waals surface area (Å²) in [5.41, 5.74) is 4.00. The molecule has 0 spiro atoms. The molecule has 2 aliphatic carbocycles. The number of hydrogen-bond donors (Lipinski definition) is 0. The van der Waals surface area contributed by atoms with Crippen LogP contribution in [0, 0.1) is 0 Å². The van der Waals surface area contributed by atoms with Crippen molar-refractivity contribution in [3.05, 3.63) is 71.0 Å². The molecule has 0 amide bonds. The minimum atomic E-state index is -0.171. The maximum atomic E-state index is 12.5. The van der Waals surface area contributed by atoms with Crippen LogP contribution in [-0.2, 0) is 4.79 Å². The summed E-state index contributed by atoms with van der Waals surface area (Å²) in [6, 6.07) is 7.47. The number of benzene rings is 1. The van der Waals surface area contributed by atoms with E-state index < -0.39 is 0 Å². The number of hydrogen-bond acceptors (Lipinski definition) is 3. The molecule has 0 heterocycles. The SMILES string of the molecule is CN(C)c1ccc(C2=C([O-])C(=C3C=CC(=[N+](C)C)C=C3)C2=O)cc1. The predicted octanol–water partition coefficient (Wildman–Crippen LogP) is 1.54. The van der Waals surface area contributed by atoms with E-state index in [4.69, 9.17) is 0 Å². The van der Waals surface area contributed by atoms with E-state index in [1.807, 2.05) is 86.2 Å². The molecule has 122 valence electrons. The molecule has 24 heavy (non-hydrogen) atoms. The third-order valence-corrected chi connectivity index (χ3v) is 4.25. The first kappa shape index (κ1) is 16.0. The van der Waals surface area contributed by atoms with Crippen molar-refractivity contribution in [2.24, 2.45) is 0 Å². The molecule has 4 heteroatoms. The summed E-state index contributed by atoms with van der Waals surface area (Å²) in [5, 5.41) is 12.5. The Hall–Kier alpha value is -2.88. The number of carbonyl (C=O) groups is 1. The van der Waals surface area contributed by atoms with Gasteiger partial charge in [-0.2, -0.15) is 0 Å². The van der Waals surface area contributed by atoms with E-state index in [1.165, 1.54) is 0 Å². The standard InChI is InChI=1S/C20H20N2O2/c1-21(2)15-9-5-13(6-10-15)17-19(23)18(20(17)24)14-7-11-16(12-8-14)22(3)4/h5-12H,1-4H3. The van der Waals surface area contributed by atoms with Gasteiger partial charge in [-0.15, -0.1) is 0 Å². The van der Waals surface area contributed by atoms with Crippen molar-refractivity contribution in [3.63, 3.8) is 0 Å². The molecule has 0 fully saturated rings. The van der Waals surface area contributed by atoms with Crippen molar-refractivity contribution in [1.29, 1.82) is 0 Å². The van der Waals surface area contributed by atoms with Crippen molar-refractivity contribution < 1.29 is 14.5 Å². The quantitative estimate of drug-likeness (QED) is 0.613. The van der Waals surface area contributed by atoms with Crippen LogP contribution in [0.4, 0.5) is 5.69 Å². The van der Waals surface area contributed by atoms with E-state index in [0.717, 1.165) is 11.4 Å². The van der Waals surface area contributed by atoms with Crippen molar-refractivity contribution in [3.8, 4) is 0 Å². The van der Waals surface area contributed by atoms with E-state index in [0.29, 0.717) is 11.1 Å². The Morgan fingerprint density at radius 3 is 1.96 bits per heavy atom. The van der Waals surface area contributed by atoms with Crippen LogP contribution in [0.15, 0.2) is 65.5 Å². The van der Waals surface area contributed by atoms with Crippen LogP contribution in [0.25, 0.3) is 5.57 Å². The number of allylic oxidation sites excluding steroid dienone is 7. The van der Waals surface area contributed by atoms with Crippen LogP contribution in [-0.4, -0.2) is 44.3 Å². The molecule has 2 aliphatic rings. The zero-order valence-corrected chi connectivity index (χ0v) is 14.3. The molecule has 1 aromatic carbocycles. The zero-order valence-electron chi connectivity index (χ0n) is 14.3. The van der Waals surface area contributed by atoms with E-state index in [2.05, 4.69) is 0 Å². The molecule has 0 unspecified atom stereocenters. The predicted molar refractivity (Wildman–Crippen MR) is 95.1 cm³/mol. The molecule has 0 bridgehead atoms. The summed E-state index contributed by atoms with van der Waals surface area (Å²) in [6.07, 6.45) is 7.47. The number of Topliss-reactive ketones (excluding diaryl/α,β-unsaturated/α-hetero) is 1. The molecule has 0 N–H and O–H groups in total. The van der Waals surface area contributed by atoms with Crippen LogP contribution in [0.3, 0.4) is 0 Å². The van der Waals surface area contributed by atoms with Gasteiger partial charge in [0, 0.05) is 43.1 Å². The van der Waals surface area contributed by atoms with Crippen LogP contribution in [0.1, 0.15) is 5.56 Å².